The summed E-state index contributed by atoms with van der Waals surface area (Å²) < 4.78 is 1.29. The predicted molar refractivity (Wildman–Crippen MR) is 59.8 cm³/mol. The molecule has 0 aromatic carbocycles. The fraction of sp³-hybridized carbons (Fsp3) is 0.333. The van der Waals surface area contributed by atoms with E-state index in [2.05, 4.69) is 15.0 Å². The van der Waals surface area contributed by atoms with Gasteiger partial charge in [-0.25, -0.2) is 4.98 Å². The van der Waals surface area contributed by atoms with Crippen molar-refractivity contribution in [2.24, 2.45) is 0 Å². The van der Waals surface area contributed by atoms with Crippen LogP contribution in [-0.2, 0) is 0 Å². The molecule has 7 heteroatoms. The molecule has 0 aliphatic carbocycles. The molecule has 0 spiro atoms. The van der Waals surface area contributed by atoms with Gasteiger partial charge in [-0.1, -0.05) is 0 Å². The first kappa shape index (κ1) is 10.8. The van der Waals surface area contributed by atoms with Crippen LogP contribution in [0.3, 0.4) is 0 Å². The topological polar surface area (TPSA) is 80.6 Å². The number of nitrogens with one attached hydrogen (secondary N) is 1. The number of hydrogen-bond acceptors (Lipinski definition) is 4. The van der Waals surface area contributed by atoms with Crippen LogP contribution in [0.1, 0.15) is 19.9 Å². The Morgan fingerprint density at radius 3 is 2.75 bits per heavy atom. The van der Waals surface area contributed by atoms with Gasteiger partial charge in [-0.2, -0.15) is 4.98 Å². The van der Waals surface area contributed by atoms with Crippen LogP contribution in [0.15, 0.2) is 15.8 Å². The van der Waals surface area contributed by atoms with Crippen LogP contribution in [0.2, 0.25) is 5.28 Å². The van der Waals surface area contributed by atoms with Gasteiger partial charge in [0.05, 0.1) is 6.20 Å². The van der Waals surface area contributed by atoms with E-state index >= 15 is 0 Å². The molecular formula is C9H9ClN4O2. The minimum absolute atomic E-state index is 0.0355. The summed E-state index contributed by atoms with van der Waals surface area (Å²) in [7, 11) is 0. The summed E-state index contributed by atoms with van der Waals surface area (Å²) in [5.74, 6) is 0. The Bertz CT molecular complexity index is 659. The van der Waals surface area contributed by atoms with Gasteiger partial charge in [-0.15, -0.1) is 0 Å². The number of aromatic nitrogens is 4. The van der Waals surface area contributed by atoms with E-state index in [4.69, 9.17) is 11.6 Å². The minimum atomic E-state index is -0.688. The van der Waals surface area contributed by atoms with Gasteiger partial charge in [0, 0.05) is 6.04 Å². The van der Waals surface area contributed by atoms with E-state index in [9.17, 15) is 9.59 Å². The van der Waals surface area contributed by atoms with Gasteiger partial charge in [-0.3, -0.25) is 14.2 Å². The Kier molecular flexibility index (Phi) is 2.51. The van der Waals surface area contributed by atoms with Crippen LogP contribution < -0.4 is 11.1 Å². The van der Waals surface area contributed by atoms with Crippen LogP contribution in [0.25, 0.3) is 11.2 Å². The molecule has 1 N–H and O–H groups in total. The lowest BCUT2D eigenvalue weighted by molar-refractivity contribution is 0.587. The molecule has 0 radical (unpaired) electrons. The molecule has 0 aliphatic rings. The van der Waals surface area contributed by atoms with Gasteiger partial charge in [0.1, 0.15) is 5.52 Å². The zero-order valence-corrected chi connectivity index (χ0v) is 9.45. The number of nitrogens with zero attached hydrogens (tertiary/aromatic N) is 3. The zero-order chi connectivity index (χ0) is 11.9. The van der Waals surface area contributed by atoms with Crippen molar-refractivity contribution in [2.75, 3.05) is 0 Å². The van der Waals surface area contributed by atoms with E-state index in [1.807, 2.05) is 0 Å². The maximum atomic E-state index is 11.7. The second kappa shape index (κ2) is 3.71. The highest BCUT2D eigenvalue weighted by Crippen LogP contribution is 2.11. The predicted octanol–water partition coefficient (Wildman–Crippen LogP) is 0.714. The van der Waals surface area contributed by atoms with Crippen molar-refractivity contribution >= 4 is 22.8 Å². The molecule has 0 bridgehead atoms. The van der Waals surface area contributed by atoms with Gasteiger partial charge in [0.25, 0.3) is 0 Å². The normalized spacial score (nSPS) is 11.2. The van der Waals surface area contributed by atoms with Gasteiger partial charge >= 0.3 is 11.1 Å². The molecule has 2 heterocycles. The smallest absolute Gasteiger partial charge is 0.313 e. The lowest BCUT2D eigenvalue weighted by Gasteiger charge is -2.11. The van der Waals surface area contributed by atoms with Crippen molar-refractivity contribution in [1.29, 1.82) is 0 Å². The Hall–Kier alpha value is -1.69. The van der Waals surface area contributed by atoms with E-state index in [1.165, 1.54) is 10.8 Å². The van der Waals surface area contributed by atoms with E-state index in [1.54, 1.807) is 13.8 Å². The highest BCUT2D eigenvalue weighted by molar-refractivity contribution is 6.28. The summed E-state index contributed by atoms with van der Waals surface area (Å²) >= 11 is 5.66. The summed E-state index contributed by atoms with van der Waals surface area (Å²) in [6, 6.07) is -0.178. The Balaban J connectivity index is 3.03. The molecule has 6 nitrogen and oxygen atoms in total. The second-order valence-electron chi connectivity index (χ2n) is 3.60. The van der Waals surface area contributed by atoms with Crippen LogP contribution in [0.5, 0.6) is 0 Å². The molecule has 16 heavy (non-hydrogen) atoms. The fourth-order valence-electron chi connectivity index (χ4n) is 1.48. The summed E-state index contributed by atoms with van der Waals surface area (Å²) in [5.41, 5.74) is -0.605. The van der Waals surface area contributed by atoms with Gasteiger partial charge in [0.2, 0.25) is 5.28 Å². The van der Waals surface area contributed by atoms with Crippen LogP contribution in [-0.4, -0.2) is 19.5 Å². The number of rotatable bonds is 1. The van der Waals surface area contributed by atoms with Crippen LogP contribution >= 0.6 is 11.6 Å². The van der Waals surface area contributed by atoms with Crippen molar-refractivity contribution in [1.82, 2.24) is 19.5 Å². The zero-order valence-electron chi connectivity index (χ0n) is 8.69. The molecule has 2 rings (SSSR count). The van der Waals surface area contributed by atoms with E-state index in [0.717, 1.165) is 0 Å². The van der Waals surface area contributed by atoms with E-state index in [-0.39, 0.29) is 11.3 Å². The Labute approximate surface area is 94.9 Å². The summed E-state index contributed by atoms with van der Waals surface area (Å²) in [6.45, 7) is 3.58. The van der Waals surface area contributed by atoms with Crippen molar-refractivity contribution in [2.45, 2.75) is 19.9 Å². The molecular weight excluding hydrogens is 232 g/mol. The maximum Gasteiger partial charge on any atom is 0.318 e. The quantitative estimate of drug-likeness (QED) is 0.588. The average molecular weight is 241 g/mol. The standard InChI is InChI=1S/C9H9ClN4O2/c1-4(2)14-6-5(3-11-9(10)13-6)12-7(15)8(14)16/h3-4H,1-2H3,(H,12,15). The van der Waals surface area contributed by atoms with E-state index in [0.29, 0.717) is 11.2 Å². The first-order valence-electron chi connectivity index (χ1n) is 4.68. The Morgan fingerprint density at radius 1 is 1.44 bits per heavy atom. The van der Waals surface area contributed by atoms with Crippen molar-refractivity contribution in [3.05, 3.63) is 32.2 Å². The first-order chi connectivity index (χ1) is 7.50. The number of fused-ring (bicyclic) bond motifs is 1. The van der Waals surface area contributed by atoms with Gasteiger partial charge in [0.15, 0.2) is 5.65 Å². The SMILES string of the molecule is CC(C)n1c(=O)c(=O)[nH]c2cnc(Cl)nc21. The third kappa shape index (κ3) is 1.61. The number of halogens is 1. The fourth-order valence-corrected chi connectivity index (χ4v) is 1.61. The molecule has 0 unspecified atom stereocenters. The van der Waals surface area contributed by atoms with Gasteiger partial charge < -0.3 is 4.98 Å². The molecule has 0 saturated heterocycles. The second-order valence-corrected chi connectivity index (χ2v) is 3.94. The van der Waals surface area contributed by atoms with Gasteiger partial charge in [-0.05, 0) is 25.4 Å². The van der Waals surface area contributed by atoms with Crippen molar-refractivity contribution in [3.63, 3.8) is 0 Å². The molecule has 0 fully saturated rings. The largest absolute Gasteiger partial charge is 0.318 e. The molecule has 2 aromatic rings. The van der Waals surface area contributed by atoms with E-state index < -0.39 is 11.1 Å². The Morgan fingerprint density at radius 2 is 2.12 bits per heavy atom. The summed E-state index contributed by atoms with van der Waals surface area (Å²) in [6.07, 6.45) is 1.38. The number of hydrogen-bond donors (Lipinski definition) is 1. The summed E-state index contributed by atoms with van der Waals surface area (Å²) in [4.78, 5) is 33.1. The number of aromatic amines is 1. The highest BCUT2D eigenvalue weighted by Gasteiger charge is 2.12. The third-order valence-electron chi connectivity index (χ3n) is 2.15. The molecule has 0 saturated carbocycles. The lowest BCUT2D eigenvalue weighted by atomic mass is 10.3. The van der Waals surface area contributed by atoms with Crippen molar-refractivity contribution in [3.8, 4) is 0 Å². The van der Waals surface area contributed by atoms with Crippen LogP contribution in [0, 0.1) is 0 Å². The third-order valence-corrected chi connectivity index (χ3v) is 2.33. The average Bonchev–Trinajstić information content (AvgIpc) is 2.20. The monoisotopic (exact) mass is 240 g/mol. The lowest BCUT2D eigenvalue weighted by Crippen LogP contribution is -2.37. The van der Waals surface area contributed by atoms with Crippen LogP contribution in [0.4, 0.5) is 0 Å². The molecule has 0 atom stereocenters. The summed E-state index contributed by atoms with van der Waals surface area (Å²) in [5, 5.41) is 0.0355. The first-order valence-corrected chi connectivity index (χ1v) is 5.05. The minimum Gasteiger partial charge on any atom is -0.313 e. The maximum absolute atomic E-state index is 11.7. The highest BCUT2D eigenvalue weighted by atomic mass is 35.5. The van der Waals surface area contributed by atoms with Crippen molar-refractivity contribution < 1.29 is 0 Å². The molecule has 0 amide bonds. The molecule has 0 aliphatic heterocycles. The molecule has 84 valence electrons. The molecule has 2 aromatic heterocycles. The number of H-pyrrole nitrogens is 1.